The van der Waals surface area contributed by atoms with Gasteiger partial charge in [-0.1, -0.05) is 35.9 Å². The summed E-state index contributed by atoms with van der Waals surface area (Å²) in [5.41, 5.74) is 2.53. The lowest BCUT2D eigenvalue weighted by molar-refractivity contribution is -0.138. The number of ether oxygens (including phenoxy) is 1. The smallest absolute Gasteiger partial charge is 0.314 e. The number of amides is 3. The Hall–Kier alpha value is -3.13. The van der Waals surface area contributed by atoms with Gasteiger partial charge < -0.3 is 20.7 Å². The Morgan fingerprint density at radius 2 is 1.90 bits per heavy atom. The lowest BCUT2D eigenvalue weighted by Gasteiger charge is -2.12. The molecular weight excluding hydrogens is 408 g/mol. The summed E-state index contributed by atoms with van der Waals surface area (Å²) in [5.74, 6) is -1.73. The lowest BCUT2D eigenvalue weighted by atomic mass is 10.1. The number of nitrogens with one attached hydrogen (secondary N) is 4. The molecule has 1 aliphatic rings. The van der Waals surface area contributed by atoms with E-state index in [1.54, 1.807) is 18.2 Å². The van der Waals surface area contributed by atoms with Crippen LogP contribution in [-0.4, -0.2) is 48.6 Å². The predicted octanol–water partition coefficient (Wildman–Crippen LogP) is 1.50. The van der Waals surface area contributed by atoms with E-state index < -0.39 is 11.8 Å². The third-order valence-electron chi connectivity index (χ3n) is 4.20. The molecule has 9 heteroatoms. The van der Waals surface area contributed by atoms with Crippen LogP contribution in [0.5, 0.6) is 5.75 Å². The number of halogens is 1. The Labute approximate surface area is 180 Å². The molecular formula is C21H25ClN4O4. The minimum atomic E-state index is -0.952. The van der Waals surface area contributed by atoms with Crippen molar-refractivity contribution in [1.82, 2.24) is 16.0 Å². The standard InChI is InChI=1S/C21H25ClN4O4/c1-13-3-8-17(14(2)11-13)30-12-18(27)24-9-10-25-20(28)21(29)26-19(23)15-4-6-16(22)7-5-15/h3-6,8,11,16H,7,9-10,12H2,1-2H3,(H,24,27)(H,25,28)(H2,23,26,29). The number of aryl methyl sites for hydroxylation is 2. The van der Waals surface area contributed by atoms with Crippen molar-refractivity contribution < 1.29 is 19.1 Å². The topological polar surface area (TPSA) is 120 Å². The van der Waals surface area contributed by atoms with E-state index in [1.807, 2.05) is 32.0 Å². The van der Waals surface area contributed by atoms with Crippen LogP contribution in [0.2, 0.25) is 0 Å². The van der Waals surface area contributed by atoms with Crippen molar-refractivity contribution in [3.8, 4) is 5.75 Å². The maximum atomic E-state index is 11.9. The van der Waals surface area contributed by atoms with Crippen molar-refractivity contribution in [3.63, 3.8) is 0 Å². The van der Waals surface area contributed by atoms with Crippen molar-refractivity contribution in [2.24, 2.45) is 0 Å². The molecule has 1 unspecified atom stereocenters. The Morgan fingerprint density at radius 3 is 2.57 bits per heavy atom. The molecule has 0 aliphatic heterocycles. The third-order valence-corrected chi connectivity index (χ3v) is 4.53. The van der Waals surface area contributed by atoms with Crippen molar-refractivity contribution in [3.05, 3.63) is 53.1 Å². The largest absolute Gasteiger partial charge is 0.484 e. The van der Waals surface area contributed by atoms with Crippen molar-refractivity contribution in [2.45, 2.75) is 25.6 Å². The first-order chi connectivity index (χ1) is 14.3. The van der Waals surface area contributed by atoms with Gasteiger partial charge in [-0.2, -0.15) is 0 Å². The minimum absolute atomic E-state index is 0.0609. The van der Waals surface area contributed by atoms with E-state index in [0.717, 1.165) is 11.1 Å². The number of amidine groups is 1. The van der Waals surface area contributed by atoms with Crippen LogP contribution < -0.4 is 20.7 Å². The van der Waals surface area contributed by atoms with Gasteiger partial charge in [0.15, 0.2) is 6.61 Å². The number of carbonyl (C=O) groups excluding carboxylic acids is 3. The van der Waals surface area contributed by atoms with Gasteiger partial charge in [0, 0.05) is 18.7 Å². The molecule has 30 heavy (non-hydrogen) atoms. The molecule has 2 rings (SSSR count). The molecule has 0 spiro atoms. The molecule has 0 radical (unpaired) electrons. The van der Waals surface area contributed by atoms with E-state index in [0.29, 0.717) is 17.7 Å². The zero-order valence-electron chi connectivity index (χ0n) is 16.9. The highest BCUT2D eigenvalue weighted by molar-refractivity contribution is 6.38. The second kappa shape index (κ2) is 11.2. The molecule has 0 saturated carbocycles. The Balaban J connectivity index is 1.64. The molecule has 1 aromatic carbocycles. The van der Waals surface area contributed by atoms with Crippen LogP contribution in [0.4, 0.5) is 0 Å². The SMILES string of the molecule is Cc1ccc(OCC(=O)NCCNC(=O)C(=O)NC(=N)C2=CCC(Cl)C=C2)c(C)c1. The summed E-state index contributed by atoms with van der Waals surface area (Å²) in [4.78, 5) is 35.5. The van der Waals surface area contributed by atoms with Gasteiger partial charge in [-0.05, 0) is 31.9 Å². The molecule has 1 aliphatic carbocycles. The Bertz CT molecular complexity index is 895. The van der Waals surface area contributed by atoms with E-state index in [1.165, 1.54) is 0 Å². The molecule has 1 aromatic rings. The number of allylic oxidation sites excluding steroid dienone is 2. The molecule has 0 bridgehead atoms. The Morgan fingerprint density at radius 1 is 1.17 bits per heavy atom. The van der Waals surface area contributed by atoms with E-state index in [-0.39, 0.29) is 36.8 Å². The number of hydrogen-bond acceptors (Lipinski definition) is 5. The molecule has 4 N–H and O–H groups in total. The first-order valence-corrected chi connectivity index (χ1v) is 9.87. The highest BCUT2D eigenvalue weighted by atomic mass is 35.5. The van der Waals surface area contributed by atoms with Crippen LogP contribution in [0.1, 0.15) is 17.5 Å². The monoisotopic (exact) mass is 432 g/mol. The summed E-state index contributed by atoms with van der Waals surface area (Å²) >= 11 is 5.91. The first-order valence-electron chi connectivity index (χ1n) is 9.43. The number of alkyl halides is 1. The summed E-state index contributed by atoms with van der Waals surface area (Å²) in [6.07, 6.45) is 5.60. The molecule has 8 nitrogen and oxygen atoms in total. The molecule has 3 amide bonds. The third kappa shape index (κ3) is 7.36. The zero-order chi connectivity index (χ0) is 22.1. The van der Waals surface area contributed by atoms with E-state index in [9.17, 15) is 14.4 Å². The van der Waals surface area contributed by atoms with Gasteiger partial charge in [0.05, 0.1) is 5.38 Å². The number of benzene rings is 1. The van der Waals surface area contributed by atoms with Gasteiger partial charge in [-0.3, -0.25) is 19.8 Å². The van der Waals surface area contributed by atoms with Crippen LogP contribution >= 0.6 is 11.6 Å². The molecule has 0 saturated heterocycles. The lowest BCUT2D eigenvalue weighted by Crippen LogP contribution is -2.45. The normalized spacial score (nSPS) is 15.0. The van der Waals surface area contributed by atoms with Crippen molar-refractivity contribution in [2.75, 3.05) is 19.7 Å². The van der Waals surface area contributed by atoms with E-state index >= 15 is 0 Å². The van der Waals surface area contributed by atoms with Crippen LogP contribution in [-0.2, 0) is 14.4 Å². The second-order valence-electron chi connectivity index (χ2n) is 6.76. The molecule has 1 atom stereocenters. The van der Waals surface area contributed by atoms with E-state index in [2.05, 4.69) is 16.0 Å². The van der Waals surface area contributed by atoms with Gasteiger partial charge >= 0.3 is 11.8 Å². The number of rotatable bonds is 7. The van der Waals surface area contributed by atoms with Gasteiger partial charge in [0.1, 0.15) is 11.6 Å². The fourth-order valence-corrected chi connectivity index (χ4v) is 2.80. The molecule has 0 aromatic heterocycles. The fourth-order valence-electron chi connectivity index (χ4n) is 2.64. The van der Waals surface area contributed by atoms with E-state index in [4.69, 9.17) is 21.7 Å². The summed E-state index contributed by atoms with van der Waals surface area (Å²) in [7, 11) is 0. The zero-order valence-corrected chi connectivity index (χ0v) is 17.6. The quantitative estimate of drug-likeness (QED) is 0.171. The van der Waals surface area contributed by atoms with Crippen LogP contribution in [0, 0.1) is 19.3 Å². The van der Waals surface area contributed by atoms with Gasteiger partial charge in [-0.15, -0.1) is 11.6 Å². The fraction of sp³-hybridized carbons (Fsp3) is 0.333. The van der Waals surface area contributed by atoms with Crippen LogP contribution in [0.3, 0.4) is 0 Å². The summed E-state index contributed by atoms with van der Waals surface area (Å²) in [6.45, 7) is 3.92. The predicted molar refractivity (Wildman–Crippen MR) is 115 cm³/mol. The average molecular weight is 433 g/mol. The van der Waals surface area contributed by atoms with Gasteiger partial charge in [0.25, 0.3) is 5.91 Å². The van der Waals surface area contributed by atoms with Crippen LogP contribution in [0.25, 0.3) is 0 Å². The van der Waals surface area contributed by atoms with Crippen molar-refractivity contribution >= 4 is 35.2 Å². The van der Waals surface area contributed by atoms with Gasteiger partial charge in [0.2, 0.25) is 0 Å². The van der Waals surface area contributed by atoms with Crippen molar-refractivity contribution in [1.29, 1.82) is 5.41 Å². The molecule has 0 heterocycles. The summed E-state index contributed by atoms with van der Waals surface area (Å²) < 4.78 is 5.47. The molecule has 160 valence electrons. The van der Waals surface area contributed by atoms with Crippen LogP contribution in [0.15, 0.2) is 42.0 Å². The second-order valence-corrected chi connectivity index (χ2v) is 7.32. The summed E-state index contributed by atoms with van der Waals surface area (Å²) in [5, 5.41) is 14.9. The average Bonchev–Trinajstić information content (AvgIpc) is 2.70. The maximum Gasteiger partial charge on any atom is 0.314 e. The summed E-state index contributed by atoms with van der Waals surface area (Å²) in [6, 6.07) is 5.67. The number of hydrogen-bond donors (Lipinski definition) is 4. The maximum absolute atomic E-state index is 11.9. The number of carbonyl (C=O) groups is 3. The first kappa shape index (κ1) is 23.2. The molecule has 0 fully saturated rings. The highest BCUT2D eigenvalue weighted by Gasteiger charge is 2.17. The minimum Gasteiger partial charge on any atom is -0.484 e. The Kier molecular flexibility index (Phi) is 8.61. The highest BCUT2D eigenvalue weighted by Crippen LogP contribution is 2.18. The van der Waals surface area contributed by atoms with Gasteiger partial charge in [-0.25, -0.2) is 0 Å².